The fourth-order valence-corrected chi connectivity index (χ4v) is 1.62. The van der Waals surface area contributed by atoms with Gasteiger partial charge in [0.05, 0.1) is 15.4 Å². The average molecular weight is 278 g/mol. The molecule has 0 aliphatic rings. The number of para-hydroxylation sites is 1. The Balaban J connectivity index is 2.72. The van der Waals surface area contributed by atoms with Crippen molar-refractivity contribution >= 4 is 17.3 Å². The number of nitro groups is 2. The van der Waals surface area contributed by atoms with Gasteiger partial charge in [-0.2, -0.15) is 5.10 Å². The first-order valence-corrected chi connectivity index (χ1v) is 5.12. The standard InChI is InChI=1S/C10H6N4O6/c15-10(16)7-2-1-3-8(14(19)20)9(7)12-5-6(4-11-12)13(17)18/h1-5H,(H,15,16). The monoisotopic (exact) mass is 278 g/mol. The SMILES string of the molecule is O=C(O)c1cccc([N+](=O)[O-])c1-n1cc([N+](=O)[O-])cn1. The first-order chi connectivity index (χ1) is 9.41. The molecule has 20 heavy (non-hydrogen) atoms. The molecule has 0 saturated heterocycles. The number of carboxylic acid groups (broad SMARTS) is 1. The molecule has 0 aliphatic heterocycles. The summed E-state index contributed by atoms with van der Waals surface area (Å²) >= 11 is 0. The minimum atomic E-state index is -1.40. The van der Waals surface area contributed by atoms with Crippen LogP contribution in [0.25, 0.3) is 5.69 Å². The van der Waals surface area contributed by atoms with Crippen molar-refractivity contribution in [2.24, 2.45) is 0 Å². The third-order valence-electron chi connectivity index (χ3n) is 2.45. The molecule has 0 saturated carbocycles. The zero-order chi connectivity index (χ0) is 14.9. The lowest BCUT2D eigenvalue weighted by Gasteiger charge is -2.06. The van der Waals surface area contributed by atoms with Gasteiger partial charge in [0.2, 0.25) is 0 Å². The van der Waals surface area contributed by atoms with Crippen LogP contribution in [0.15, 0.2) is 30.6 Å². The van der Waals surface area contributed by atoms with Crippen LogP contribution in [0, 0.1) is 20.2 Å². The smallest absolute Gasteiger partial charge is 0.338 e. The summed E-state index contributed by atoms with van der Waals surface area (Å²) < 4.78 is 0.805. The zero-order valence-corrected chi connectivity index (χ0v) is 9.66. The van der Waals surface area contributed by atoms with Crippen molar-refractivity contribution < 1.29 is 19.7 Å². The van der Waals surface area contributed by atoms with Crippen LogP contribution in [-0.4, -0.2) is 30.7 Å². The first kappa shape index (κ1) is 13.1. The fourth-order valence-electron chi connectivity index (χ4n) is 1.62. The van der Waals surface area contributed by atoms with Crippen LogP contribution in [0.2, 0.25) is 0 Å². The van der Waals surface area contributed by atoms with E-state index in [9.17, 15) is 25.0 Å². The van der Waals surface area contributed by atoms with E-state index in [1.54, 1.807) is 0 Å². The van der Waals surface area contributed by atoms with Crippen LogP contribution < -0.4 is 0 Å². The molecular weight excluding hydrogens is 272 g/mol. The van der Waals surface area contributed by atoms with Crippen LogP contribution >= 0.6 is 0 Å². The Labute approximate surface area is 110 Å². The van der Waals surface area contributed by atoms with Crippen LogP contribution in [0.5, 0.6) is 0 Å². The molecule has 10 heteroatoms. The normalized spacial score (nSPS) is 10.2. The molecule has 0 aliphatic carbocycles. The van der Waals surface area contributed by atoms with Crippen molar-refractivity contribution in [1.29, 1.82) is 0 Å². The highest BCUT2D eigenvalue weighted by molar-refractivity contribution is 5.93. The number of carboxylic acids is 1. The topological polar surface area (TPSA) is 141 Å². The number of carbonyl (C=O) groups is 1. The lowest BCUT2D eigenvalue weighted by atomic mass is 10.1. The summed E-state index contributed by atoms with van der Waals surface area (Å²) in [5.41, 5.74) is -1.63. The van der Waals surface area contributed by atoms with Crippen LogP contribution in [0.4, 0.5) is 11.4 Å². The molecular formula is C10H6N4O6. The summed E-state index contributed by atoms with van der Waals surface area (Å²) in [6.45, 7) is 0. The average Bonchev–Trinajstić information content (AvgIpc) is 2.87. The van der Waals surface area contributed by atoms with Gasteiger partial charge in [-0.3, -0.25) is 20.2 Å². The predicted molar refractivity (Wildman–Crippen MR) is 63.8 cm³/mol. The van der Waals surface area contributed by atoms with Crippen molar-refractivity contribution in [3.8, 4) is 5.69 Å². The molecule has 0 bridgehead atoms. The second-order valence-corrected chi connectivity index (χ2v) is 3.64. The summed E-state index contributed by atoms with van der Waals surface area (Å²) in [6, 6.07) is 3.45. The number of nitrogens with zero attached hydrogens (tertiary/aromatic N) is 4. The number of hydrogen-bond donors (Lipinski definition) is 1. The van der Waals surface area contributed by atoms with Crippen molar-refractivity contribution in [3.05, 3.63) is 56.4 Å². The van der Waals surface area contributed by atoms with Gasteiger partial charge in [0.1, 0.15) is 12.4 Å². The van der Waals surface area contributed by atoms with Crippen molar-refractivity contribution in [2.45, 2.75) is 0 Å². The first-order valence-electron chi connectivity index (χ1n) is 5.12. The summed E-state index contributed by atoms with van der Waals surface area (Å²) in [6.07, 6.45) is 1.79. The van der Waals surface area contributed by atoms with Crippen molar-refractivity contribution in [3.63, 3.8) is 0 Å². The van der Waals surface area contributed by atoms with Crippen LogP contribution in [0.1, 0.15) is 10.4 Å². The quantitative estimate of drug-likeness (QED) is 0.657. The van der Waals surface area contributed by atoms with E-state index in [4.69, 9.17) is 5.11 Å². The van der Waals surface area contributed by atoms with Crippen molar-refractivity contribution in [2.75, 3.05) is 0 Å². The lowest BCUT2D eigenvalue weighted by molar-refractivity contribution is -0.385. The maximum Gasteiger partial charge on any atom is 0.338 e. The van der Waals surface area contributed by atoms with Gasteiger partial charge in [0.15, 0.2) is 5.69 Å². The number of hydrogen-bond acceptors (Lipinski definition) is 6. The second-order valence-electron chi connectivity index (χ2n) is 3.64. The Morgan fingerprint density at radius 3 is 2.45 bits per heavy atom. The highest BCUT2D eigenvalue weighted by Gasteiger charge is 2.25. The second kappa shape index (κ2) is 4.76. The molecule has 102 valence electrons. The number of aromatic nitrogens is 2. The van der Waals surface area contributed by atoms with Gasteiger partial charge in [0, 0.05) is 6.07 Å². The Hall–Kier alpha value is -3.30. The molecule has 0 fully saturated rings. The van der Waals surface area contributed by atoms with Gasteiger partial charge in [0.25, 0.3) is 5.69 Å². The maximum absolute atomic E-state index is 11.1. The lowest BCUT2D eigenvalue weighted by Crippen LogP contribution is -2.09. The Morgan fingerprint density at radius 2 is 1.95 bits per heavy atom. The fraction of sp³-hybridized carbons (Fsp3) is 0. The third-order valence-corrected chi connectivity index (χ3v) is 2.45. The predicted octanol–water partition coefficient (Wildman–Crippen LogP) is 1.39. The molecule has 1 aromatic heterocycles. The summed E-state index contributed by atoms with van der Waals surface area (Å²) in [5, 5.41) is 34.2. The number of aromatic carboxylic acids is 1. The summed E-state index contributed by atoms with van der Waals surface area (Å²) in [4.78, 5) is 31.1. The minimum absolute atomic E-state index is 0.335. The molecule has 0 amide bonds. The van der Waals surface area contributed by atoms with E-state index in [-0.39, 0.29) is 11.3 Å². The summed E-state index contributed by atoms with van der Waals surface area (Å²) in [7, 11) is 0. The Bertz CT molecular complexity index is 690. The number of benzene rings is 1. The van der Waals surface area contributed by atoms with Gasteiger partial charge < -0.3 is 5.11 Å². The van der Waals surface area contributed by atoms with Crippen LogP contribution in [-0.2, 0) is 0 Å². The molecule has 1 aromatic carbocycles. The molecule has 1 N–H and O–H groups in total. The van der Waals surface area contributed by atoms with Gasteiger partial charge in [-0.05, 0) is 6.07 Å². The molecule has 0 atom stereocenters. The summed E-state index contributed by atoms with van der Waals surface area (Å²) in [5.74, 6) is -1.40. The van der Waals surface area contributed by atoms with E-state index in [1.165, 1.54) is 6.07 Å². The Kier molecular flexibility index (Phi) is 3.13. The van der Waals surface area contributed by atoms with E-state index in [2.05, 4.69) is 5.10 Å². The van der Waals surface area contributed by atoms with Gasteiger partial charge in [-0.1, -0.05) is 6.07 Å². The maximum atomic E-state index is 11.1. The van der Waals surface area contributed by atoms with E-state index >= 15 is 0 Å². The van der Waals surface area contributed by atoms with Gasteiger partial charge >= 0.3 is 11.7 Å². The molecule has 0 radical (unpaired) electrons. The molecule has 2 aromatic rings. The Morgan fingerprint density at radius 1 is 1.25 bits per heavy atom. The number of rotatable bonds is 4. The van der Waals surface area contributed by atoms with Gasteiger partial charge in [-0.25, -0.2) is 9.48 Å². The molecule has 10 nitrogen and oxygen atoms in total. The number of nitro benzene ring substituents is 1. The molecule has 0 spiro atoms. The van der Waals surface area contributed by atoms with E-state index in [0.717, 1.165) is 29.2 Å². The minimum Gasteiger partial charge on any atom is -0.478 e. The van der Waals surface area contributed by atoms with Crippen LogP contribution in [0.3, 0.4) is 0 Å². The van der Waals surface area contributed by atoms with Crippen molar-refractivity contribution in [1.82, 2.24) is 9.78 Å². The highest BCUT2D eigenvalue weighted by atomic mass is 16.6. The van der Waals surface area contributed by atoms with E-state index in [0.29, 0.717) is 0 Å². The zero-order valence-electron chi connectivity index (χ0n) is 9.66. The third kappa shape index (κ3) is 2.16. The van der Waals surface area contributed by atoms with E-state index in [1.807, 2.05) is 0 Å². The van der Waals surface area contributed by atoms with Gasteiger partial charge in [-0.15, -0.1) is 0 Å². The molecule has 2 rings (SSSR count). The highest BCUT2D eigenvalue weighted by Crippen LogP contribution is 2.27. The largest absolute Gasteiger partial charge is 0.478 e. The molecule has 0 unspecified atom stereocenters. The van der Waals surface area contributed by atoms with E-state index < -0.39 is 27.2 Å². The molecule has 1 heterocycles.